The van der Waals surface area contributed by atoms with Crippen LogP contribution >= 0.6 is 0 Å². The van der Waals surface area contributed by atoms with Crippen LogP contribution in [0.25, 0.3) is 11.2 Å². The molecule has 2 aromatic heterocycles. The van der Waals surface area contributed by atoms with Gasteiger partial charge in [0.25, 0.3) is 0 Å². The van der Waals surface area contributed by atoms with Crippen molar-refractivity contribution in [3.05, 3.63) is 12.7 Å². The SMILES string of the molecule is CN1CC2(CCN2CC2CCC(n3cnc4c(N)ncnc43)O2)C1. The van der Waals surface area contributed by atoms with E-state index in [-0.39, 0.29) is 12.3 Å². The maximum absolute atomic E-state index is 6.32. The Hall–Kier alpha value is -1.77. The van der Waals surface area contributed by atoms with Gasteiger partial charge in [0.05, 0.1) is 12.4 Å². The van der Waals surface area contributed by atoms with Gasteiger partial charge in [-0.1, -0.05) is 0 Å². The Morgan fingerprint density at radius 2 is 2.17 bits per heavy atom. The minimum Gasteiger partial charge on any atom is -0.382 e. The van der Waals surface area contributed by atoms with Crippen molar-refractivity contribution >= 4 is 17.0 Å². The van der Waals surface area contributed by atoms with Crippen LogP contribution in [-0.2, 0) is 4.74 Å². The Morgan fingerprint density at radius 3 is 2.92 bits per heavy atom. The summed E-state index contributed by atoms with van der Waals surface area (Å²) in [5, 5.41) is 0. The predicted molar refractivity (Wildman–Crippen MR) is 89.3 cm³/mol. The van der Waals surface area contributed by atoms with Crippen LogP contribution in [0.2, 0.25) is 0 Å². The van der Waals surface area contributed by atoms with E-state index in [1.165, 1.54) is 32.4 Å². The van der Waals surface area contributed by atoms with Gasteiger partial charge in [0.15, 0.2) is 11.5 Å². The van der Waals surface area contributed by atoms with Gasteiger partial charge < -0.3 is 15.4 Å². The summed E-state index contributed by atoms with van der Waals surface area (Å²) < 4.78 is 8.31. The highest BCUT2D eigenvalue weighted by Crippen LogP contribution is 2.40. The number of nitrogens with zero attached hydrogens (tertiary/aromatic N) is 6. The molecule has 3 aliphatic rings. The molecule has 0 amide bonds. The standard InChI is InChI=1S/C16H23N7O/c1-21-7-16(8-21)4-5-22(16)6-11-2-3-12(24-11)23-10-20-13-14(17)18-9-19-15(13)23/h9-12H,2-8H2,1H3,(H2,17,18,19). The first-order valence-corrected chi connectivity index (χ1v) is 8.67. The van der Waals surface area contributed by atoms with Gasteiger partial charge in [-0.25, -0.2) is 15.0 Å². The molecule has 0 radical (unpaired) electrons. The Morgan fingerprint density at radius 1 is 1.29 bits per heavy atom. The van der Waals surface area contributed by atoms with E-state index in [1.807, 2.05) is 4.57 Å². The molecule has 3 saturated heterocycles. The van der Waals surface area contributed by atoms with E-state index in [4.69, 9.17) is 10.5 Å². The van der Waals surface area contributed by atoms with Gasteiger partial charge >= 0.3 is 0 Å². The molecule has 128 valence electrons. The van der Waals surface area contributed by atoms with E-state index in [0.29, 0.717) is 16.9 Å². The number of likely N-dealkylation sites (N-methyl/N-ethyl adjacent to an activating group) is 1. The first-order valence-electron chi connectivity index (χ1n) is 8.67. The zero-order valence-electron chi connectivity index (χ0n) is 13.9. The highest BCUT2D eigenvalue weighted by Gasteiger charge is 2.52. The summed E-state index contributed by atoms with van der Waals surface area (Å²) in [7, 11) is 2.20. The average molecular weight is 329 g/mol. The number of imidazole rings is 1. The molecule has 5 heterocycles. The summed E-state index contributed by atoms with van der Waals surface area (Å²) in [6.07, 6.45) is 6.93. The van der Waals surface area contributed by atoms with Gasteiger partial charge in [-0.3, -0.25) is 9.47 Å². The summed E-state index contributed by atoms with van der Waals surface area (Å²) in [6, 6.07) is 0. The van der Waals surface area contributed by atoms with E-state index in [1.54, 1.807) is 6.33 Å². The van der Waals surface area contributed by atoms with Crippen LogP contribution in [0.5, 0.6) is 0 Å². The summed E-state index contributed by atoms with van der Waals surface area (Å²) in [4.78, 5) is 17.7. The van der Waals surface area contributed by atoms with E-state index in [2.05, 4.69) is 31.8 Å². The van der Waals surface area contributed by atoms with E-state index < -0.39 is 0 Å². The number of rotatable bonds is 3. The second-order valence-electron chi connectivity index (χ2n) is 7.47. The van der Waals surface area contributed by atoms with Crippen molar-refractivity contribution in [1.82, 2.24) is 29.3 Å². The number of nitrogens with two attached hydrogens (primary N) is 1. The lowest BCUT2D eigenvalue weighted by molar-refractivity contribution is -0.134. The molecule has 2 aromatic rings. The zero-order valence-corrected chi connectivity index (χ0v) is 13.9. The molecule has 2 atom stereocenters. The number of hydrogen-bond acceptors (Lipinski definition) is 7. The van der Waals surface area contributed by atoms with E-state index >= 15 is 0 Å². The molecule has 0 bridgehead atoms. The molecule has 8 heteroatoms. The Bertz CT molecular complexity index is 769. The lowest BCUT2D eigenvalue weighted by Crippen LogP contribution is -2.76. The van der Waals surface area contributed by atoms with Crippen LogP contribution in [0, 0.1) is 0 Å². The van der Waals surface area contributed by atoms with E-state index in [0.717, 1.165) is 25.0 Å². The fourth-order valence-corrected chi connectivity index (χ4v) is 4.54. The van der Waals surface area contributed by atoms with Crippen molar-refractivity contribution in [2.45, 2.75) is 37.1 Å². The normalized spacial score (nSPS) is 29.9. The second-order valence-corrected chi connectivity index (χ2v) is 7.47. The lowest BCUT2D eigenvalue weighted by Gasteiger charge is -2.62. The van der Waals surface area contributed by atoms with Gasteiger partial charge in [0.2, 0.25) is 0 Å². The third kappa shape index (κ3) is 2.06. The van der Waals surface area contributed by atoms with Crippen molar-refractivity contribution in [2.75, 3.05) is 39.0 Å². The second kappa shape index (κ2) is 5.11. The zero-order chi connectivity index (χ0) is 16.3. The number of hydrogen-bond donors (Lipinski definition) is 1. The summed E-state index contributed by atoms with van der Waals surface area (Å²) in [5.41, 5.74) is 7.73. The van der Waals surface area contributed by atoms with Gasteiger partial charge in [-0.05, 0) is 26.3 Å². The number of nitrogen functional groups attached to an aromatic ring is 1. The fourth-order valence-electron chi connectivity index (χ4n) is 4.54. The summed E-state index contributed by atoms with van der Waals surface area (Å²) >= 11 is 0. The van der Waals surface area contributed by atoms with Gasteiger partial charge in [-0.15, -0.1) is 0 Å². The third-order valence-electron chi connectivity index (χ3n) is 5.85. The molecule has 2 unspecified atom stereocenters. The maximum atomic E-state index is 6.32. The molecule has 2 N–H and O–H groups in total. The van der Waals surface area contributed by atoms with Gasteiger partial charge in [-0.2, -0.15) is 0 Å². The first-order chi connectivity index (χ1) is 11.6. The van der Waals surface area contributed by atoms with Crippen molar-refractivity contribution < 1.29 is 4.74 Å². The number of fused-ring (bicyclic) bond motifs is 1. The van der Waals surface area contributed by atoms with Gasteiger partial charge in [0.1, 0.15) is 18.1 Å². The highest BCUT2D eigenvalue weighted by atomic mass is 16.5. The number of anilines is 1. The largest absolute Gasteiger partial charge is 0.382 e. The molecular formula is C16H23N7O. The number of aromatic nitrogens is 4. The number of likely N-dealkylation sites (tertiary alicyclic amines) is 2. The molecule has 5 rings (SSSR count). The lowest BCUT2D eigenvalue weighted by atomic mass is 9.77. The molecule has 1 spiro atoms. The third-order valence-corrected chi connectivity index (χ3v) is 5.85. The van der Waals surface area contributed by atoms with Crippen LogP contribution in [-0.4, -0.2) is 74.2 Å². The minimum absolute atomic E-state index is 0.00408. The molecule has 3 fully saturated rings. The van der Waals surface area contributed by atoms with Crippen LogP contribution in [0.3, 0.4) is 0 Å². The van der Waals surface area contributed by atoms with Crippen LogP contribution in [0.4, 0.5) is 5.82 Å². The van der Waals surface area contributed by atoms with E-state index in [9.17, 15) is 0 Å². The van der Waals surface area contributed by atoms with Crippen molar-refractivity contribution in [2.24, 2.45) is 0 Å². The molecule has 8 nitrogen and oxygen atoms in total. The quantitative estimate of drug-likeness (QED) is 0.876. The summed E-state index contributed by atoms with van der Waals surface area (Å²) in [5.74, 6) is 0.421. The molecule has 0 aliphatic carbocycles. The van der Waals surface area contributed by atoms with Crippen LogP contribution < -0.4 is 5.73 Å². The first kappa shape index (κ1) is 14.6. The molecule has 0 saturated carbocycles. The summed E-state index contributed by atoms with van der Waals surface area (Å²) in [6.45, 7) is 4.64. The predicted octanol–water partition coefficient (Wildman–Crippen LogP) is 0.476. The Balaban J connectivity index is 1.28. The Labute approximate surface area is 140 Å². The highest BCUT2D eigenvalue weighted by molar-refractivity contribution is 5.81. The topological polar surface area (TPSA) is 85.3 Å². The maximum Gasteiger partial charge on any atom is 0.167 e. The smallest absolute Gasteiger partial charge is 0.167 e. The molecule has 3 aliphatic heterocycles. The van der Waals surface area contributed by atoms with Crippen molar-refractivity contribution in [3.63, 3.8) is 0 Å². The average Bonchev–Trinajstić information content (AvgIpc) is 3.15. The van der Waals surface area contributed by atoms with Crippen LogP contribution in [0.15, 0.2) is 12.7 Å². The van der Waals surface area contributed by atoms with Crippen molar-refractivity contribution in [1.29, 1.82) is 0 Å². The van der Waals surface area contributed by atoms with Crippen LogP contribution in [0.1, 0.15) is 25.5 Å². The molecular weight excluding hydrogens is 306 g/mol. The van der Waals surface area contributed by atoms with Crippen molar-refractivity contribution in [3.8, 4) is 0 Å². The number of ether oxygens (including phenoxy) is 1. The fraction of sp³-hybridized carbons (Fsp3) is 0.688. The van der Waals surface area contributed by atoms with Gasteiger partial charge in [0, 0.05) is 31.7 Å². The Kier molecular flexibility index (Phi) is 3.10. The minimum atomic E-state index is -0.00408. The molecule has 24 heavy (non-hydrogen) atoms. The monoisotopic (exact) mass is 329 g/mol. The molecule has 0 aromatic carbocycles.